The zero-order valence-corrected chi connectivity index (χ0v) is 15.3. The van der Waals surface area contributed by atoms with Crippen LogP contribution < -0.4 is 10.6 Å². The molecule has 2 fully saturated rings. The Morgan fingerprint density at radius 1 is 0.846 bits per heavy atom. The van der Waals surface area contributed by atoms with Crippen molar-refractivity contribution in [3.05, 3.63) is 65.7 Å². The van der Waals surface area contributed by atoms with E-state index in [9.17, 15) is 4.79 Å². The van der Waals surface area contributed by atoms with Crippen molar-refractivity contribution >= 4 is 11.6 Å². The van der Waals surface area contributed by atoms with Crippen molar-refractivity contribution in [1.29, 1.82) is 0 Å². The van der Waals surface area contributed by atoms with Gasteiger partial charge in [-0.3, -0.25) is 4.79 Å². The Kier molecular flexibility index (Phi) is 5.35. The molecule has 2 aromatic carbocycles. The third kappa shape index (κ3) is 4.34. The maximum atomic E-state index is 12.2. The minimum atomic E-state index is -0.0577. The SMILES string of the molecule is O=C(Nc1ccc(C2CC2NC2CCCCCC2)cc1)c1ccccc1. The molecule has 26 heavy (non-hydrogen) atoms. The highest BCUT2D eigenvalue weighted by Gasteiger charge is 2.39. The summed E-state index contributed by atoms with van der Waals surface area (Å²) >= 11 is 0. The molecule has 0 aromatic heterocycles. The van der Waals surface area contributed by atoms with E-state index in [2.05, 4.69) is 22.8 Å². The van der Waals surface area contributed by atoms with Crippen molar-refractivity contribution in [2.75, 3.05) is 5.32 Å². The second-order valence-electron chi connectivity index (χ2n) is 7.75. The first-order valence-electron chi connectivity index (χ1n) is 10.0. The van der Waals surface area contributed by atoms with Gasteiger partial charge in [0.25, 0.3) is 5.91 Å². The summed E-state index contributed by atoms with van der Waals surface area (Å²) in [6.45, 7) is 0. The average molecular weight is 348 g/mol. The van der Waals surface area contributed by atoms with Crippen molar-refractivity contribution in [3.63, 3.8) is 0 Å². The topological polar surface area (TPSA) is 41.1 Å². The fraction of sp³-hybridized carbons (Fsp3) is 0.435. The zero-order chi connectivity index (χ0) is 17.8. The summed E-state index contributed by atoms with van der Waals surface area (Å²) in [5.41, 5.74) is 2.93. The molecule has 3 heteroatoms. The average Bonchev–Trinajstić information content (AvgIpc) is 3.48. The van der Waals surface area contributed by atoms with Crippen LogP contribution in [-0.4, -0.2) is 18.0 Å². The first-order valence-corrected chi connectivity index (χ1v) is 10.0. The zero-order valence-electron chi connectivity index (χ0n) is 15.3. The van der Waals surface area contributed by atoms with Crippen LogP contribution in [0.2, 0.25) is 0 Å². The number of carbonyl (C=O) groups excluding carboxylic acids is 1. The van der Waals surface area contributed by atoms with Crippen molar-refractivity contribution in [3.8, 4) is 0 Å². The standard InChI is InChI=1S/C23H28N2O/c26-23(18-8-4-3-5-9-18)25-20-14-12-17(13-15-20)21-16-22(21)24-19-10-6-1-2-7-11-19/h3-5,8-9,12-15,19,21-22,24H,1-2,6-7,10-11,16H2,(H,25,26). The summed E-state index contributed by atoms with van der Waals surface area (Å²) < 4.78 is 0. The number of anilines is 1. The van der Waals surface area contributed by atoms with E-state index in [1.165, 1.54) is 50.5 Å². The highest BCUT2D eigenvalue weighted by Crippen LogP contribution is 2.42. The second kappa shape index (κ2) is 8.05. The Morgan fingerprint density at radius 3 is 2.23 bits per heavy atom. The molecule has 2 atom stereocenters. The predicted molar refractivity (Wildman–Crippen MR) is 107 cm³/mol. The summed E-state index contributed by atoms with van der Waals surface area (Å²) in [6.07, 6.45) is 9.49. The Labute approximate surface area is 156 Å². The molecular formula is C23H28N2O. The van der Waals surface area contributed by atoms with E-state index in [0.717, 1.165) is 11.7 Å². The van der Waals surface area contributed by atoms with E-state index < -0.39 is 0 Å². The van der Waals surface area contributed by atoms with E-state index in [1.807, 2.05) is 42.5 Å². The minimum Gasteiger partial charge on any atom is -0.322 e. The minimum absolute atomic E-state index is 0.0577. The van der Waals surface area contributed by atoms with Crippen LogP contribution in [0.3, 0.4) is 0 Å². The molecule has 2 aliphatic rings. The molecule has 4 rings (SSSR count). The lowest BCUT2D eigenvalue weighted by Crippen LogP contribution is -2.31. The molecule has 2 aromatic rings. The van der Waals surface area contributed by atoms with Crippen molar-refractivity contribution in [2.45, 2.75) is 62.9 Å². The molecular weight excluding hydrogens is 320 g/mol. The van der Waals surface area contributed by atoms with Gasteiger partial charge in [0.2, 0.25) is 0 Å². The van der Waals surface area contributed by atoms with Crippen LogP contribution in [0.25, 0.3) is 0 Å². The molecule has 2 saturated carbocycles. The first kappa shape index (κ1) is 17.3. The molecule has 136 valence electrons. The van der Waals surface area contributed by atoms with Crippen LogP contribution in [-0.2, 0) is 0 Å². The summed E-state index contributed by atoms with van der Waals surface area (Å²) in [5.74, 6) is 0.579. The maximum absolute atomic E-state index is 12.2. The van der Waals surface area contributed by atoms with Gasteiger partial charge >= 0.3 is 0 Å². The van der Waals surface area contributed by atoms with E-state index in [-0.39, 0.29) is 5.91 Å². The van der Waals surface area contributed by atoms with Gasteiger partial charge < -0.3 is 10.6 Å². The molecule has 0 saturated heterocycles. The molecule has 2 aliphatic carbocycles. The van der Waals surface area contributed by atoms with Gasteiger partial charge in [-0.2, -0.15) is 0 Å². The van der Waals surface area contributed by atoms with Gasteiger partial charge in [-0.05, 0) is 49.1 Å². The monoisotopic (exact) mass is 348 g/mol. The van der Waals surface area contributed by atoms with Crippen LogP contribution in [0.1, 0.15) is 66.8 Å². The Hall–Kier alpha value is -2.13. The number of hydrogen-bond acceptors (Lipinski definition) is 2. The number of benzene rings is 2. The smallest absolute Gasteiger partial charge is 0.255 e. The maximum Gasteiger partial charge on any atom is 0.255 e. The van der Waals surface area contributed by atoms with Crippen LogP contribution in [0, 0.1) is 0 Å². The number of carbonyl (C=O) groups is 1. The number of hydrogen-bond donors (Lipinski definition) is 2. The molecule has 2 N–H and O–H groups in total. The van der Waals surface area contributed by atoms with Gasteiger partial charge in [-0.1, -0.05) is 56.0 Å². The van der Waals surface area contributed by atoms with Crippen LogP contribution in [0.5, 0.6) is 0 Å². The van der Waals surface area contributed by atoms with Gasteiger partial charge in [0.1, 0.15) is 0 Å². The van der Waals surface area contributed by atoms with Gasteiger partial charge in [-0.15, -0.1) is 0 Å². The summed E-state index contributed by atoms with van der Waals surface area (Å²) in [4.78, 5) is 12.2. The van der Waals surface area contributed by atoms with Crippen molar-refractivity contribution in [2.24, 2.45) is 0 Å². The van der Waals surface area contributed by atoms with Gasteiger partial charge in [0.15, 0.2) is 0 Å². The van der Waals surface area contributed by atoms with E-state index in [4.69, 9.17) is 0 Å². The normalized spacial score (nSPS) is 23.2. The highest BCUT2D eigenvalue weighted by molar-refractivity contribution is 6.04. The Balaban J connectivity index is 1.30. The van der Waals surface area contributed by atoms with Crippen LogP contribution >= 0.6 is 0 Å². The van der Waals surface area contributed by atoms with Gasteiger partial charge in [0, 0.05) is 29.3 Å². The number of amides is 1. The molecule has 0 bridgehead atoms. The Bertz CT molecular complexity index is 718. The summed E-state index contributed by atoms with van der Waals surface area (Å²) in [6, 6.07) is 19.1. The third-order valence-electron chi connectivity index (χ3n) is 5.73. The lowest BCUT2D eigenvalue weighted by atomic mass is 10.1. The molecule has 1 amide bonds. The van der Waals surface area contributed by atoms with E-state index in [1.54, 1.807) is 0 Å². The molecule has 0 radical (unpaired) electrons. The van der Waals surface area contributed by atoms with Crippen LogP contribution in [0.4, 0.5) is 5.69 Å². The second-order valence-corrected chi connectivity index (χ2v) is 7.75. The lowest BCUT2D eigenvalue weighted by molar-refractivity contribution is 0.102. The molecule has 0 heterocycles. The first-order chi connectivity index (χ1) is 12.8. The number of nitrogens with one attached hydrogen (secondary N) is 2. The molecule has 0 aliphatic heterocycles. The molecule has 0 spiro atoms. The summed E-state index contributed by atoms with van der Waals surface area (Å²) in [7, 11) is 0. The quantitative estimate of drug-likeness (QED) is 0.738. The highest BCUT2D eigenvalue weighted by atomic mass is 16.1. The lowest BCUT2D eigenvalue weighted by Gasteiger charge is -2.16. The largest absolute Gasteiger partial charge is 0.322 e. The molecule has 2 unspecified atom stereocenters. The van der Waals surface area contributed by atoms with E-state index in [0.29, 0.717) is 17.5 Å². The fourth-order valence-corrected chi connectivity index (χ4v) is 4.10. The fourth-order valence-electron chi connectivity index (χ4n) is 4.10. The van der Waals surface area contributed by atoms with Gasteiger partial charge in [0.05, 0.1) is 0 Å². The molecule has 3 nitrogen and oxygen atoms in total. The summed E-state index contributed by atoms with van der Waals surface area (Å²) in [5, 5.41) is 6.85. The predicted octanol–water partition coefficient (Wildman–Crippen LogP) is 5.11. The van der Waals surface area contributed by atoms with Gasteiger partial charge in [-0.25, -0.2) is 0 Å². The number of rotatable bonds is 5. The third-order valence-corrected chi connectivity index (χ3v) is 5.73. The van der Waals surface area contributed by atoms with E-state index >= 15 is 0 Å². The Morgan fingerprint density at radius 2 is 1.54 bits per heavy atom. The van der Waals surface area contributed by atoms with Crippen LogP contribution in [0.15, 0.2) is 54.6 Å². The van der Waals surface area contributed by atoms with Crippen molar-refractivity contribution < 1.29 is 4.79 Å². The van der Waals surface area contributed by atoms with Crippen molar-refractivity contribution in [1.82, 2.24) is 5.32 Å².